The Morgan fingerprint density at radius 2 is 0.878 bits per heavy atom. The predicted octanol–water partition coefficient (Wildman–Crippen LogP) is 9.63. The average molecular weight is 751 g/mol. The zero-order valence-corrected chi connectivity index (χ0v) is 34.1. The van der Waals surface area contributed by atoms with Crippen molar-refractivity contribution in [2.45, 2.75) is 178 Å². The molecule has 2 aromatic carbocycles. The van der Waals surface area contributed by atoms with E-state index in [1.54, 1.807) is 6.07 Å². The monoisotopic (exact) mass is 750 g/mol. The summed E-state index contributed by atoms with van der Waals surface area (Å²) < 4.78 is 63.5. The molecule has 0 aliphatic carbocycles. The molecule has 0 spiro atoms. The first-order valence-electron chi connectivity index (χ1n) is 18.4. The van der Waals surface area contributed by atoms with Crippen molar-refractivity contribution in [1.29, 1.82) is 0 Å². The van der Waals surface area contributed by atoms with E-state index >= 15 is 0 Å². The minimum atomic E-state index is -4.54. The summed E-state index contributed by atoms with van der Waals surface area (Å²) in [5.41, 5.74) is 1.33. The first kappa shape index (κ1) is 48.1. The van der Waals surface area contributed by atoms with E-state index in [0.717, 1.165) is 49.8 Å². The summed E-state index contributed by atoms with van der Waals surface area (Å²) in [5.74, 6) is -0.406. The maximum atomic E-state index is 11.8. The molecule has 2 N–H and O–H groups in total. The largest absolute Gasteiger partial charge is 2.00 e. The van der Waals surface area contributed by atoms with Crippen LogP contribution in [-0.4, -0.2) is 68.8 Å². The SMILES string of the molecule is CCCCCCCCCCCCCc1ccc(S(=O)(=O)O)cc1O.CCCCCCCCCCCCCc1ccc(S(=O)(=O)[O-])cc1[O-].[Ca+2]. The van der Waals surface area contributed by atoms with E-state index in [0.29, 0.717) is 12.0 Å². The normalized spacial score (nSPS) is 11.5. The van der Waals surface area contributed by atoms with Crippen LogP contribution in [0.5, 0.6) is 11.5 Å². The predicted molar refractivity (Wildman–Crippen MR) is 198 cm³/mol. The van der Waals surface area contributed by atoms with Crippen molar-refractivity contribution in [2.75, 3.05) is 0 Å². The second-order valence-corrected chi connectivity index (χ2v) is 15.9. The maximum Gasteiger partial charge on any atom is 2.00 e. The van der Waals surface area contributed by atoms with Crippen molar-refractivity contribution < 1.29 is 36.2 Å². The number of benzene rings is 2. The van der Waals surface area contributed by atoms with Gasteiger partial charge in [-0.1, -0.05) is 166 Å². The van der Waals surface area contributed by atoms with Crippen molar-refractivity contribution in [1.82, 2.24) is 0 Å². The van der Waals surface area contributed by atoms with Gasteiger partial charge in [-0.2, -0.15) is 8.42 Å². The molecule has 0 aliphatic rings. The van der Waals surface area contributed by atoms with Crippen molar-refractivity contribution in [3.05, 3.63) is 47.5 Å². The summed E-state index contributed by atoms with van der Waals surface area (Å²) in [4.78, 5) is -0.696. The zero-order valence-electron chi connectivity index (χ0n) is 30.3. The molecule has 0 unspecified atom stereocenters. The van der Waals surface area contributed by atoms with Gasteiger partial charge in [0.25, 0.3) is 10.1 Å². The van der Waals surface area contributed by atoms with Crippen LogP contribution in [0.15, 0.2) is 46.2 Å². The number of aromatic hydroxyl groups is 1. The van der Waals surface area contributed by atoms with E-state index in [9.17, 15) is 31.6 Å². The number of phenolic OH excluding ortho intramolecular Hbond substituents is 1. The third kappa shape index (κ3) is 24.1. The quantitative estimate of drug-likeness (QED) is 0.0547. The van der Waals surface area contributed by atoms with Crippen LogP contribution in [0.25, 0.3) is 0 Å². The van der Waals surface area contributed by atoms with Gasteiger partial charge in [-0.05, 0) is 43.4 Å². The second kappa shape index (κ2) is 28.7. The Morgan fingerprint density at radius 1 is 0.531 bits per heavy atom. The smallest absolute Gasteiger partial charge is 0.872 e. The molecule has 11 heteroatoms. The Kier molecular flexibility index (Phi) is 28.2. The van der Waals surface area contributed by atoms with E-state index < -0.39 is 25.1 Å². The van der Waals surface area contributed by atoms with Crippen LogP contribution in [0, 0.1) is 0 Å². The molecule has 49 heavy (non-hydrogen) atoms. The van der Waals surface area contributed by atoms with Crippen LogP contribution >= 0.6 is 0 Å². The number of aryl methyl sites for hydroxylation is 2. The second-order valence-electron chi connectivity index (χ2n) is 13.1. The molecule has 0 saturated carbocycles. The van der Waals surface area contributed by atoms with E-state index in [2.05, 4.69) is 13.8 Å². The van der Waals surface area contributed by atoms with Crippen LogP contribution in [0.3, 0.4) is 0 Å². The molecule has 0 heterocycles. The fourth-order valence-corrected chi connectivity index (χ4v) is 6.76. The maximum absolute atomic E-state index is 11.8. The van der Waals surface area contributed by atoms with Gasteiger partial charge >= 0.3 is 37.7 Å². The number of rotatable bonds is 26. The van der Waals surface area contributed by atoms with Gasteiger partial charge in [0, 0.05) is 6.07 Å². The Hall–Kier alpha value is -0.880. The number of unbranched alkanes of at least 4 members (excludes halogenated alkanes) is 20. The number of phenols is 1. The molecule has 2 aromatic rings. The van der Waals surface area contributed by atoms with Crippen LogP contribution in [-0.2, 0) is 33.1 Å². The van der Waals surface area contributed by atoms with Gasteiger partial charge in [-0.3, -0.25) is 4.55 Å². The molecule has 0 bridgehead atoms. The minimum absolute atomic E-state index is 0. The van der Waals surface area contributed by atoms with Gasteiger partial charge in [0.05, 0.1) is 9.79 Å². The van der Waals surface area contributed by atoms with Crippen LogP contribution in [0.4, 0.5) is 0 Å². The van der Waals surface area contributed by atoms with Gasteiger partial charge in [0.1, 0.15) is 15.9 Å². The van der Waals surface area contributed by atoms with Crippen molar-refractivity contribution in [3.63, 3.8) is 0 Å². The molecule has 0 saturated heterocycles. The molecule has 0 aromatic heterocycles. The third-order valence-electron chi connectivity index (χ3n) is 8.78. The van der Waals surface area contributed by atoms with E-state index in [1.807, 2.05) is 0 Å². The average Bonchev–Trinajstić information content (AvgIpc) is 3.03. The molecular formula is C38H62CaO8S2. The molecule has 0 radical (unpaired) electrons. The Balaban J connectivity index is 0.000000922. The summed E-state index contributed by atoms with van der Waals surface area (Å²) in [6.45, 7) is 4.47. The van der Waals surface area contributed by atoms with Gasteiger partial charge in [-0.15, -0.1) is 5.75 Å². The van der Waals surface area contributed by atoms with Gasteiger partial charge in [-0.25, -0.2) is 8.42 Å². The standard InChI is InChI=1S/2C19H32O4S.Ca/c2*1-2-3-4-5-6-7-8-9-10-11-12-13-17-14-15-18(16-19(17)20)24(21,22)23;/h2*14-16,20H,2-13H2,1H3,(H,21,22,23);/q;;+2/p-2. The van der Waals surface area contributed by atoms with E-state index in [4.69, 9.17) is 4.55 Å². The van der Waals surface area contributed by atoms with Crippen LogP contribution in [0.2, 0.25) is 0 Å². The van der Waals surface area contributed by atoms with Crippen LogP contribution < -0.4 is 5.11 Å². The number of hydrogen-bond donors (Lipinski definition) is 2. The summed E-state index contributed by atoms with van der Waals surface area (Å²) >= 11 is 0. The van der Waals surface area contributed by atoms with Crippen molar-refractivity contribution in [2.24, 2.45) is 0 Å². The molecule has 276 valence electrons. The minimum Gasteiger partial charge on any atom is -0.872 e. The summed E-state index contributed by atoms with van der Waals surface area (Å²) in [7, 11) is -8.79. The molecular weight excluding hydrogens is 689 g/mol. The molecule has 0 amide bonds. The Morgan fingerprint density at radius 3 is 1.22 bits per heavy atom. The fraction of sp³-hybridized carbons (Fsp3) is 0.684. The molecule has 0 atom stereocenters. The Labute approximate surface area is 328 Å². The third-order valence-corrected chi connectivity index (χ3v) is 10.5. The van der Waals surface area contributed by atoms with Gasteiger partial charge in [0.2, 0.25) is 0 Å². The summed E-state index contributed by atoms with van der Waals surface area (Å²) in [5, 5.41) is 21.6. The zero-order chi connectivity index (χ0) is 35.7. The summed E-state index contributed by atoms with van der Waals surface area (Å²) in [6, 6.07) is 7.68. The Bertz CT molecular complexity index is 1240. The molecule has 8 nitrogen and oxygen atoms in total. The molecule has 2 rings (SSSR count). The van der Waals surface area contributed by atoms with Gasteiger partial charge in [0.15, 0.2) is 0 Å². The molecule has 0 fully saturated rings. The number of hydrogen-bond acceptors (Lipinski definition) is 7. The van der Waals surface area contributed by atoms with E-state index in [1.165, 1.54) is 134 Å². The van der Waals surface area contributed by atoms with Crippen molar-refractivity contribution in [3.8, 4) is 11.5 Å². The van der Waals surface area contributed by atoms with E-state index in [-0.39, 0.29) is 54.1 Å². The van der Waals surface area contributed by atoms with Crippen molar-refractivity contribution >= 4 is 58.0 Å². The molecule has 0 aliphatic heterocycles. The first-order valence-corrected chi connectivity index (χ1v) is 21.3. The summed E-state index contributed by atoms with van der Waals surface area (Å²) in [6.07, 6.45) is 29.1. The van der Waals surface area contributed by atoms with Gasteiger partial charge < -0.3 is 14.8 Å². The first-order chi connectivity index (χ1) is 22.9. The topological polar surface area (TPSA) is 155 Å². The fourth-order valence-electron chi connectivity index (χ4n) is 5.77. The van der Waals surface area contributed by atoms with Crippen LogP contribution in [0.1, 0.15) is 166 Å².